The van der Waals surface area contributed by atoms with E-state index in [2.05, 4.69) is 31.1 Å². The van der Waals surface area contributed by atoms with Crippen LogP contribution < -0.4 is 0 Å². The Hall–Kier alpha value is -0.563. The van der Waals surface area contributed by atoms with E-state index in [1.165, 1.54) is 0 Å². The van der Waals surface area contributed by atoms with Crippen LogP contribution in [0.4, 0.5) is 0 Å². The van der Waals surface area contributed by atoms with Gasteiger partial charge in [0.25, 0.3) is 0 Å². The van der Waals surface area contributed by atoms with E-state index >= 15 is 0 Å². The molecule has 0 radical (unpaired) electrons. The summed E-state index contributed by atoms with van der Waals surface area (Å²) in [6.07, 6.45) is 0. The summed E-state index contributed by atoms with van der Waals surface area (Å²) in [5.74, 6) is 3.41. The third-order valence-electron chi connectivity index (χ3n) is 2.19. The molecule has 0 aliphatic carbocycles. The summed E-state index contributed by atoms with van der Waals surface area (Å²) in [6, 6.07) is 7.70. The molecule has 1 aromatic carbocycles. The van der Waals surface area contributed by atoms with Gasteiger partial charge in [0.1, 0.15) is 13.5 Å². The fourth-order valence-electron chi connectivity index (χ4n) is 1.26. The van der Waals surface area contributed by atoms with Crippen molar-refractivity contribution < 1.29 is 4.21 Å². The van der Waals surface area contributed by atoms with Crippen LogP contribution in [0.1, 0.15) is 5.56 Å². The zero-order valence-corrected chi connectivity index (χ0v) is 13.9. The zero-order chi connectivity index (χ0) is 13.8. The summed E-state index contributed by atoms with van der Waals surface area (Å²) >= 11 is 6.12. The number of aryl methyl sites for hydroxylation is 1. The molecule has 2 atom stereocenters. The molecule has 0 heterocycles. The molecule has 0 aliphatic rings. The highest BCUT2D eigenvalue weighted by molar-refractivity contribution is 7.85. The molecule has 2 unspecified atom stereocenters. The predicted molar refractivity (Wildman–Crippen MR) is 83.2 cm³/mol. The van der Waals surface area contributed by atoms with Crippen molar-refractivity contribution in [2.24, 2.45) is 0 Å². The molecule has 1 rings (SSSR count). The highest BCUT2D eigenvalue weighted by atomic mass is 35.5. The minimum atomic E-state index is -1.40. The Bertz CT molecular complexity index is 479. The molecule has 0 aromatic heterocycles. The van der Waals surface area contributed by atoms with Crippen molar-refractivity contribution in [1.82, 2.24) is 0 Å². The van der Waals surface area contributed by atoms with Gasteiger partial charge in [-0.1, -0.05) is 43.3 Å². The smallest absolute Gasteiger partial charge is 0.129 e. The lowest BCUT2D eigenvalue weighted by Gasteiger charge is -2.06. The van der Waals surface area contributed by atoms with E-state index in [9.17, 15) is 4.21 Å². The Morgan fingerprint density at radius 2 is 1.83 bits per heavy atom. The van der Waals surface area contributed by atoms with Crippen molar-refractivity contribution in [3.8, 4) is 11.5 Å². The fourth-order valence-corrected chi connectivity index (χ4v) is 3.33. The number of hydrogen-bond acceptors (Lipinski definition) is 1. The summed E-state index contributed by atoms with van der Waals surface area (Å²) in [7, 11) is -2.47. The van der Waals surface area contributed by atoms with Crippen molar-refractivity contribution in [3.05, 3.63) is 29.8 Å². The lowest BCUT2D eigenvalue weighted by atomic mass is 10.2. The molecule has 0 amide bonds. The van der Waals surface area contributed by atoms with Gasteiger partial charge in [-0.25, -0.2) is 0 Å². The first-order valence-electron chi connectivity index (χ1n) is 5.90. The monoisotopic (exact) mass is 298 g/mol. The maximum Gasteiger partial charge on any atom is 0.129 e. The number of rotatable bonds is 3. The molecule has 98 valence electrons. The second kappa shape index (κ2) is 6.56. The molecule has 0 aliphatic heterocycles. The van der Waals surface area contributed by atoms with Crippen LogP contribution in [0, 0.1) is 18.4 Å². The third-order valence-corrected chi connectivity index (χ3v) is 4.96. The van der Waals surface area contributed by atoms with Crippen molar-refractivity contribution in [2.75, 3.05) is 5.75 Å². The highest BCUT2D eigenvalue weighted by Gasteiger charge is 2.12. The van der Waals surface area contributed by atoms with Crippen LogP contribution in [0.25, 0.3) is 0 Å². The molecule has 0 fully saturated rings. The van der Waals surface area contributed by atoms with Crippen molar-refractivity contribution in [3.63, 3.8) is 0 Å². The van der Waals surface area contributed by atoms with Crippen LogP contribution in [0.15, 0.2) is 29.2 Å². The number of halogens is 1. The minimum absolute atomic E-state index is 0.334. The number of alkyl halides is 1. The van der Waals surface area contributed by atoms with E-state index in [1.54, 1.807) is 0 Å². The first-order chi connectivity index (χ1) is 8.28. The highest BCUT2D eigenvalue weighted by Crippen LogP contribution is 2.11. The van der Waals surface area contributed by atoms with E-state index < -0.39 is 18.9 Å². The molecule has 0 saturated heterocycles. The molecule has 18 heavy (non-hydrogen) atoms. The average Bonchev–Trinajstić information content (AvgIpc) is 2.26. The summed E-state index contributed by atoms with van der Waals surface area (Å²) < 4.78 is 12.1. The largest absolute Gasteiger partial charge is 0.254 e. The molecule has 0 saturated carbocycles. The second-order valence-electron chi connectivity index (χ2n) is 5.31. The number of benzene rings is 1. The predicted octanol–water partition coefficient (Wildman–Crippen LogP) is 3.59. The van der Waals surface area contributed by atoms with Crippen molar-refractivity contribution >= 4 is 30.5 Å². The zero-order valence-electron chi connectivity index (χ0n) is 11.3. The average molecular weight is 299 g/mol. The molecule has 4 heteroatoms. The molecule has 1 nitrogen and oxygen atoms in total. The van der Waals surface area contributed by atoms with Gasteiger partial charge in [0, 0.05) is 4.90 Å². The summed E-state index contributed by atoms with van der Waals surface area (Å²) in [6.45, 7) is 8.51. The molecule has 0 spiro atoms. The molecule has 1 aromatic rings. The van der Waals surface area contributed by atoms with Gasteiger partial charge in [-0.2, -0.15) is 0 Å². The minimum Gasteiger partial charge on any atom is -0.254 e. The quantitative estimate of drug-likeness (QED) is 0.473. The van der Waals surface area contributed by atoms with Gasteiger partial charge in [-0.15, -0.1) is 17.1 Å². The summed E-state index contributed by atoms with van der Waals surface area (Å²) in [5.41, 5.74) is 4.37. The van der Waals surface area contributed by atoms with E-state index in [0.29, 0.717) is 5.75 Å². The molecular weight excluding hydrogens is 280 g/mol. The van der Waals surface area contributed by atoms with Crippen LogP contribution in [0.2, 0.25) is 19.6 Å². The lowest BCUT2D eigenvalue weighted by molar-refractivity contribution is 0.683. The van der Waals surface area contributed by atoms with Crippen LogP contribution >= 0.6 is 11.6 Å². The van der Waals surface area contributed by atoms with E-state index in [-0.39, 0.29) is 5.38 Å². The maximum absolute atomic E-state index is 12.1. The Balaban J connectivity index is 2.64. The van der Waals surface area contributed by atoms with Crippen LogP contribution in [0.3, 0.4) is 0 Å². The SMILES string of the molecule is Cc1ccc(S(=O)CC(Cl)C#C[Si](C)(C)C)cc1. The van der Waals surface area contributed by atoms with E-state index in [4.69, 9.17) is 11.6 Å². The Morgan fingerprint density at radius 3 is 2.33 bits per heavy atom. The van der Waals surface area contributed by atoms with Crippen molar-refractivity contribution in [1.29, 1.82) is 0 Å². The number of hydrogen-bond donors (Lipinski definition) is 0. The Kier molecular flexibility index (Phi) is 5.65. The normalized spacial score (nSPS) is 14.5. The second-order valence-corrected chi connectivity index (χ2v) is 12.1. The molecule has 0 bridgehead atoms. The third kappa shape index (κ3) is 5.86. The van der Waals surface area contributed by atoms with E-state index in [0.717, 1.165) is 10.5 Å². The maximum atomic E-state index is 12.1. The first-order valence-corrected chi connectivity index (χ1v) is 11.2. The summed E-state index contributed by atoms with van der Waals surface area (Å²) in [4.78, 5) is 0.820. The molecule has 0 N–H and O–H groups in total. The van der Waals surface area contributed by atoms with Crippen LogP contribution in [-0.4, -0.2) is 23.4 Å². The standard InChI is InChI=1S/C14H19ClOSSi/c1-12-5-7-14(8-6-12)17(16)11-13(15)9-10-18(2,3)4/h5-8,13H,11H2,1-4H3. The Labute approximate surface area is 118 Å². The van der Waals surface area contributed by atoms with Gasteiger partial charge in [-0.05, 0) is 19.1 Å². The van der Waals surface area contributed by atoms with Gasteiger partial charge in [0.2, 0.25) is 0 Å². The van der Waals surface area contributed by atoms with Gasteiger partial charge >= 0.3 is 0 Å². The van der Waals surface area contributed by atoms with Crippen LogP contribution in [0.5, 0.6) is 0 Å². The van der Waals surface area contributed by atoms with Gasteiger partial charge in [0.15, 0.2) is 0 Å². The Morgan fingerprint density at radius 1 is 1.28 bits per heavy atom. The van der Waals surface area contributed by atoms with Gasteiger partial charge < -0.3 is 0 Å². The first kappa shape index (κ1) is 15.5. The van der Waals surface area contributed by atoms with Crippen LogP contribution in [-0.2, 0) is 10.8 Å². The topological polar surface area (TPSA) is 17.1 Å². The van der Waals surface area contributed by atoms with Gasteiger partial charge in [0.05, 0.1) is 16.6 Å². The fraction of sp³-hybridized carbons (Fsp3) is 0.429. The van der Waals surface area contributed by atoms with Crippen molar-refractivity contribution in [2.45, 2.75) is 36.8 Å². The lowest BCUT2D eigenvalue weighted by Crippen LogP contribution is -2.18. The summed E-state index contributed by atoms with van der Waals surface area (Å²) in [5, 5.41) is -0.334. The van der Waals surface area contributed by atoms with Gasteiger partial charge in [-0.3, -0.25) is 4.21 Å². The van der Waals surface area contributed by atoms with E-state index in [1.807, 2.05) is 31.2 Å². The molecular formula is C14H19ClOSSi.